The zero-order valence-electron chi connectivity index (χ0n) is 8.19. The van der Waals surface area contributed by atoms with Gasteiger partial charge in [-0.15, -0.1) is 0 Å². The van der Waals surface area contributed by atoms with E-state index in [-0.39, 0.29) is 0 Å². The number of hydrogen-bond donors (Lipinski definition) is 0. The molecule has 0 radical (unpaired) electrons. The maximum absolute atomic E-state index is 5.82. The lowest BCUT2D eigenvalue weighted by atomic mass is 10.4. The first-order valence-corrected chi connectivity index (χ1v) is 8.37. The largest absolute Gasteiger partial charge is 0.449 e. The molecule has 1 unspecified atom stereocenters. The first-order valence-electron chi connectivity index (χ1n) is 4.54. The molecule has 0 saturated heterocycles. The van der Waals surface area contributed by atoms with E-state index < -0.39 is 19.0 Å². The Morgan fingerprint density at radius 3 is 2.62 bits per heavy atom. The summed E-state index contributed by atoms with van der Waals surface area (Å²) < 4.78 is 11.0. The monoisotopic (exact) mass is 228 g/mol. The number of rotatable bonds is 5. The van der Waals surface area contributed by atoms with Crippen LogP contribution in [0.25, 0.3) is 0 Å². The van der Waals surface area contributed by atoms with Crippen molar-refractivity contribution >= 4 is 34.7 Å². The van der Waals surface area contributed by atoms with Crippen LogP contribution in [0.5, 0.6) is 0 Å². The topological polar surface area (TPSA) is 18.5 Å². The molecule has 0 bridgehead atoms. The summed E-state index contributed by atoms with van der Waals surface area (Å²) in [5, 5.41) is 1.40. The third kappa shape index (κ3) is 3.57. The predicted molar refractivity (Wildman–Crippen MR) is 64.4 cm³/mol. The highest BCUT2D eigenvalue weighted by Crippen LogP contribution is 1.95. The Kier molecular flexibility index (Phi) is 5.25. The van der Waals surface area contributed by atoms with Gasteiger partial charge in [-0.2, -0.15) is 0 Å². The maximum Gasteiger partial charge on any atom is 0.283 e. The molecule has 72 valence electrons. The molecule has 1 aromatic rings. The van der Waals surface area contributed by atoms with Crippen LogP contribution < -0.4 is 5.19 Å². The van der Waals surface area contributed by atoms with Crippen LogP contribution >= 0.6 is 0 Å². The SMILES string of the molecule is CC[SiH](O[SiH2]O[SiH3])c1ccccc1. The van der Waals surface area contributed by atoms with Gasteiger partial charge in [0, 0.05) is 0 Å². The van der Waals surface area contributed by atoms with Crippen LogP contribution in [0.2, 0.25) is 6.04 Å². The first kappa shape index (κ1) is 10.9. The van der Waals surface area contributed by atoms with Crippen LogP contribution in [0, 0.1) is 0 Å². The normalized spacial score (nSPS) is 13.9. The maximum atomic E-state index is 5.82. The highest BCUT2D eigenvalue weighted by atomic mass is 28.4. The molecule has 0 N–H and O–H groups in total. The van der Waals surface area contributed by atoms with Crippen molar-refractivity contribution in [3.8, 4) is 0 Å². The van der Waals surface area contributed by atoms with Gasteiger partial charge < -0.3 is 8.23 Å². The van der Waals surface area contributed by atoms with Gasteiger partial charge in [0.2, 0.25) is 0 Å². The first-order chi connectivity index (χ1) is 6.38. The van der Waals surface area contributed by atoms with Gasteiger partial charge in [0.15, 0.2) is 9.04 Å². The molecule has 0 aliphatic heterocycles. The summed E-state index contributed by atoms with van der Waals surface area (Å²) in [6.45, 7) is 2.20. The van der Waals surface area contributed by atoms with E-state index in [1.54, 1.807) is 0 Å². The lowest BCUT2D eigenvalue weighted by Crippen LogP contribution is -2.34. The second-order valence-electron chi connectivity index (χ2n) is 2.88. The lowest BCUT2D eigenvalue weighted by molar-refractivity contribution is 0.494. The van der Waals surface area contributed by atoms with Gasteiger partial charge in [-0.25, -0.2) is 0 Å². The minimum absolute atomic E-state index is 0.657. The standard InChI is InChI=1S/C8H16O2Si3/c1-2-13(10-12-9-11)8-6-4-3-5-7-8/h3-7,13H,2,12H2,1,11H3. The second kappa shape index (κ2) is 6.28. The molecule has 2 nitrogen and oxygen atoms in total. The van der Waals surface area contributed by atoms with E-state index in [0.29, 0.717) is 0 Å². The Morgan fingerprint density at radius 2 is 2.08 bits per heavy atom. The Labute approximate surface area is 86.6 Å². The molecule has 0 amide bonds. The van der Waals surface area contributed by atoms with Crippen molar-refractivity contribution in [2.45, 2.75) is 13.0 Å². The third-order valence-corrected chi connectivity index (χ3v) is 6.90. The minimum atomic E-state index is -1.13. The van der Waals surface area contributed by atoms with Crippen molar-refractivity contribution in [1.29, 1.82) is 0 Å². The summed E-state index contributed by atoms with van der Waals surface area (Å²) in [5.41, 5.74) is 0. The van der Waals surface area contributed by atoms with E-state index in [0.717, 1.165) is 16.5 Å². The molecule has 0 aromatic heterocycles. The number of hydrogen-bond acceptors (Lipinski definition) is 2. The zero-order chi connectivity index (χ0) is 9.52. The van der Waals surface area contributed by atoms with Crippen molar-refractivity contribution in [3.05, 3.63) is 30.3 Å². The quantitative estimate of drug-likeness (QED) is 0.599. The van der Waals surface area contributed by atoms with Gasteiger partial charge >= 0.3 is 0 Å². The van der Waals surface area contributed by atoms with Crippen molar-refractivity contribution in [2.24, 2.45) is 0 Å². The Hall–Kier alpha value is -0.209. The molecule has 0 fully saturated rings. The van der Waals surface area contributed by atoms with E-state index in [1.165, 1.54) is 5.19 Å². The van der Waals surface area contributed by atoms with Crippen molar-refractivity contribution in [3.63, 3.8) is 0 Å². The molecule has 1 atom stereocenters. The number of benzene rings is 1. The third-order valence-electron chi connectivity index (χ3n) is 1.93. The van der Waals surface area contributed by atoms with Gasteiger partial charge in [0.1, 0.15) is 10.5 Å². The molecule has 0 spiro atoms. The van der Waals surface area contributed by atoms with Gasteiger partial charge in [-0.05, 0) is 11.2 Å². The van der Waals surface area contributed by atoms with E-state index >= 15 is 0 Å². The van der Waals surface area contributed by atoms with E-state index in [2.05, 4.69) is 31.2 Å². The van der Waals surface area contributed by atoms with Gasteiger partial charge in [-0.3, -0.25) is 0 Å². The Balaban J connectivity index is 2.56. The fraction of sp³-hybridized carbons (Fsp3) is 0.250. The molecule has 0 aliphatic carbocycles. The molecule has 5 heteroatoms. The molecule has 0 aliphatic rings. The van der Waals surface area contributed by atoms with E-state index in [9.17, 15) is 0 Å². The predicted octanol–water partition coefficient (Wildman–Crippen LogP) is -1.05. The summed E-state index contributed by atoms with van der Waals surface area (Å²) in [4.78, 5) is 0. The van der Waals surface area contributed by atoms with Gasteiger partial charge in [0.25, 0.3) is 10.0 Å². The van der Waals surface area contributed by atoms with Crippen LogP contribution in [0.15, 0.2) is 30.3 Å². The molecule has 13 heavy (non-hydrogen) atoms. The molecule has 0 heterocycles. The van der Waals surface area contributed by atoms with Crippen molar-refractivity contribution in [1.82, 2.24) is 0 Å². The summed E-state index contributed by atoms with van der Waals surface area (Å²) in [6.07, 6.45) is 0. The van der Waals surface area contributed by atoms with Crippen LogP contribution in [-0.2, 0) is 8.23 Å². The van der Waals surface area contributed by atoms with Crippen LogP contribution in [0.3, 0.4) is 0 Å². The second-order valence-corrected chi connectivity index (χ2v) is 9.22. The lowest BCUT2D eigenvalue weighted by Gasteiger charge is -2.14. The van der Waals surface area contributed by atoms with E-state index in [1.807, 2.05) is 6.07 Å². The fourth-order valence-corrected chi connectivity index (χ4v) is 6.53. The highest BCUT2D eigenvalue weighted by Gasteiger charge is 2.10. The Bertz CT molecular complexity index is 230. The highest BCUT2D eigenvalue weighted by molar-refractivity contribution is 6.70. The average molecular weight is 228 g/mol. The zero-order valence-corrected chi connectivity index (χ0v) is 12.8. The van der Waals surface area contributed by atoms with Crippen LogP contribution in [0.1, 0.15) is 6.92 Å². The molecular formula is C8H16O2Si3. The van der Waals surface area contributed by atoms with Gasteiger partial charge in [-0.1, -0.05) is 37.3 Å². The van der Waals surface area contributed by atoms with Gasteiger partial charge in [0.05, 0.1) is 0 Å². The Morgan fingerprint density at radius 1 is 1.38 bits per heavy atom. The van der Waals surface area contributed by atoms with E-state index in [4.69, 9.17) is 8.23 Å². The minimum Gasteiger partial charge on any atom is -0.449 e. The molecular weight excluding hydrogens is 212 g/mol. The summed E-state index contributed by atoms with van der Waals surface area (Å²) in [6, 6.07) is 11.7. The fourth-order valence-electron chi connectivity index (χ4n) is 1.27. The molecule has 1 aromatic carbocycles. The smallest absolute Gasteiger partial charge is 0.283 e. The van der Waals surface area contributed by atoms with Crippen molar-refractivity contribution in [2.75, 3.05) is 0 Å². The summed E-state index contributed by atoms with van der Waals surface area (Å²) in [5.74, 6) is 0. The van der Waals surface area contributed by atoms with Crippen LogP contribution in [0.4, 0.5) is 0 Å². The average Bonchev–Trinajstić information content (AvgIpc) is 2.21. The van der Waals surface area contributed by atoms with Crippen molar-refractivity contribution < 1.29 is 8.23 Å². The summed E-state index contributed by atoms with van der Waals surface area (Å²) in [7, 11) is -0.969. The molecule has 1 rings (SSSR count). The summed E-state index contributed by atoms with van der Waals surface area (Å²) >= 11 is 0. The molecule has 0 saturated carbocycles. The van der Waals surface area contributed by atoms with Crippen LogP contribution in [-0.4, -0.2) is 29.5 Å².